The summed E-state index contributed by atoms with van der Waals surface area (Å²) < 4.78 is 33.7. The summed E-state index contributed by atoms with van der Waals surface area (Å²) in [6, 6.07) is 4.57. The van der Waals surface area contributed by atoms with E-state index in [0.29, 0.717) is 10.6 Å². The first-order chi connectivity index (χ1) is 10.5. The van der Waals surface area contributed by atoms with E-state index < -0.39 is 15.7 Å². The van der Waals surface area contributed by atoms with Crippen LogP contribution in [0.5, 0.6) is 0 Å². The summed E-state index contributed by atoms with van der Waals surface area (Å²) in [5, 5.41) is 0.635. The third-order valence-corrected chi connectivity index (χ3v) is 4.49. The molecule has 0 bridgehead atoms. The number of esters is 1. The van der Waals surface area contributed by atoms with E-state index in [4.69, 9.17) is 32.1 Å². The highest BCUT2D eigenvalue weighted by atomic mass is 35.5. The van der Waals surface area contributed by atoms with Gasteiger partial charge in [-0.2, -0.15) is 8.42 Å². The normalized spacial score (nSPS) is 12.2. The van der Waals surface area contributed by atoms with E-state index in [2.05, 4.69) is 0 Å². The summed E-state index contributed by atoms with van der Waals surface area (Å²) in [5.74, 6) is -0.695. The van der Waals surface area contributed by atoms with Crippen LogP contribution in [-0.2, 0) is 29.6 Å². The molecule has 1 aromatic carbocycles. The predicted octanol–water partition coefficient (Wildman–Crippen LogP) is 3.96. The van der Waals surface area contributed by atoms with Gasteiger partial charge in [-0.05, 0) is 44.9 Å². The Balaban J connectivity index is 2.41. The Morgan fingerprint density at radius 2 is 1.83 bits per heavy atom. The second-order valence-electron chi connectivity index (χ2n) is 5.96. The van der Waals surface area contributed by atoms with Crippen molar-refractivity contribution in [2.75, 3.05) is 6.61 Å². The summed E-state index contributed by atoms with van der Waals surface area (Å²) >= 11 is 11.6. The molecular weight excluding hydrogens is 363 g/mol. The van der Waals surface area contributed by atoms with Crippen molar-refractivity contribution >= 4 is 39.3 Å². The first-order valence-corrected chi connectivity index (χ1v) is 9.35. The summed E-state index contributed by atoms with van der Waals surface area (Å²) in [5.41, 5.74) is -0.0794. The highest BCUT2D eigenvalue weighted by Gasteiger charge is 2.17. The Bertz CT molecular complexity index is 650. The second-order valence-corrected chi connectivity index (χ2v) is 8.42. The number of carbonyl (C=O) groups excluding carboxylic acids is 1. The highest BCUT2D eigenvalue weighted by Crippen LogP contribution is 2.23. The molecule has 0 saturated carbocycles. The van der Waals surface area contributed by atoms with Gasteiger partial charge >= 0.3 is 5.97 Å². The zero-order valence-corrected chi connectivity index (χ0v) is 15.6. The number of benzene rings is 1. The molecule has 1 rings (SSSR count). The molecule has 130 valence electrons. The van der Waals surface area contributed by atoms with Gasteiger partial charge in [0.2, 0.25) is 0 Å². The van der Waals surface area contributed by atoms with Gasteiger partial charge in [-0.3, -0.25) is 8.98 Å². The zero-order chi connectivity index (χ0) is 17.7. The number of halogens is 2. The molecule has 8 heteroatoms. The van der Waals surface area contributed by atoms with E-state index in [-0.39, 0.29) is 36.2 Å². The van der Waals surface area contributed by atoms with Crippen molar-refractivity contribution in [3.63, 3.8) is 0 Å². The predicted molar refractivity (Wildman–Crippen MR) is 90.1 cm³/mol. The van der Waals surface area contributed by atoms with E-state index in [0.717, 1.165) is 0 Å². The number of hydrogen-bond acceptors (Lipinski definition) is 5. The molecule has 23 heavy (non-hydrogen) atoms. The van der Waals surface area contributed by atoms with Gasteiger partial charge in [0, 0.05) is 6.42 Å². The van der Waals surface area contributed by atoms with Gasteiger partial charge in [-0.1, -0.05) is 29.3 Å². The van der Waals surface area contributed by atoms with E-state index in [1.807, 2.05) is 0 Å². The first-order valence-electron chi connectivity index (χ1n) is 7.01. The van der Waals surface area contributed by atoms with Gasteiger partial charge in [-0.25, -0.2) is 0 Å². The molecule has 0 atom stereocenters. The molecule has 0 spiro atoms. The molecular formula is C15H20Cl2O5S. The lowest BCUT2D eigenvalue weighted by Gasteiger charge is -2.19. The largest absolute Gasteiger partial charge is 0.460 e. The first kappa shape index (κ1) is 20.2. The second kappa shape index (κ2) is 8.33. The van der Waals surface area contributed by atoms with Gasteiger partial charge < -0.3 is 4.74 Å². The number of rotatable bonds is 7. The third kappa shape index (κ3) is 8.55. The van der Waals surface area contributed by atoms with Crippen molar-refractivity contribution in [2.45, 2.75) is 45.0 Å². The van der Waals surface area contributed by atoms with Crippen LogP contribution in [-0.4, -0.2) is 26.6 Å². The lowest BCUT2D eigenvalue weighted by molar-refractivity contribution is -0.155. The Morgan fingerprint density at radius 3 is 2.39 bits per heavy atom. The van der Waals surface area contributed by atoms with Gasteiger partial charge in [0.25, 0.3) is 10.1 Å². The lowest BCUT2D eigenvalue weighted by Crippen LogP contribution is -2.24. The Morgan fingerprint density at radius 1 is 1.17 bits per heavy atom. The maximum absolute atomic E-state index is 11.9. The average molecular weight is 383 g/mol. The van der Waals surface area contributed by atoms with Crippen molar-refractivity contribution in [1.29, 1.82) is 0 Å². The molecule has 0 aliphatic carbocycles. The molecule has 0 radical (unpaired) electrons. The molecule has 0 unspecified atom stereocenters. The number of carbonyl (C=O) groups is 1. The van der Waals surface area contributed by atoms with Crippen molar-refractivity contribution in [1.82, 2.24) is 0 Å². The maximum Gasteiger partial charge on any atom is 0.306 e. The highest BCUT2D eigenvalue weighted by molar-refractivity contribution is 7.85. The van der Waals surface area contributed by atoms with E-state index in [1.165, 1.54) is 12.1 Å². The van der Waals surface area contributed by atoms with Crippen LogP contribution in [0.1, 0.15) is 39.2 Å². The van der Waals surface area contributed by atoms with Gasteiger partial charge in [0.05, 0.1) is 16.7 Å². The summed E-state index contributed by atoms with van der Waals surface area (Å²) in [6.07, 6.45) is 0.356. The maximum atomic E-state index is 11.9. The van der Waals surface area contributed by atoms with E-state index in [9.17, 15) is 13.2 Å². The van der Waals surface area contributed by atoms with E-state index >= 15 is 0 Å². The average Bonchev–Trinajstić information content (AvgIpc) is 2.37. The van der Waals surface area contributed by atoms with Crippen LogP contribution in [0.4, 0.5) is 0 Å². The minimum Gasteiger partial charge on any atom is -0.460 e. The van der Waals surface area contributed by atoms with Crippen molar-refractivity contribution < 1.29 is 22.1 Å². The molecule has 0 fully saturated rings. The van der Waals surface area contributed by atoms with Gasteiger partial charge in [0.1, 0.15) is 11.4 Å². The summed E-state index contributed by atoms with van der Waals surface area (Å²) in [6.45, 7) is 5.22. The monoisotopic (exact) mass is 382 g/mol. The van der Waals surface area contributed by atoms with Crippen LogP contribution in [0.25, 0.3) is 0 Å². The molecule has 0 saturated heterocycles. The SMILES string of the molecule is CC(C)(C)OC(=O)CCCOS(=O)(=O)Cc1ccc(Cl)c(Cl)c1. The third-order valence-electron chi connectivity index (χ3n) is 2.54. The molecule has 0 heterocycles. The van der Waals surface area contributed by atoms with Crippen molar-refractivity contribution in [3.05, 3.63) is 33.8 Å². The molecule has 1 aromatic rings. The number of ether oxygens (including phenoxy) is 1. The van der Waals surface area contributed by atoms with Crippen LogP contribution < -0.4 is 0 Å². The van der Waals surface area contributed by atoms with E-state index in [1.54, 1.807) is 26.8 Å². The Kier molecular flexibility index (Phi) is 7.32. The topological polar surface area (TPSA) is 69.7 Å². The van der Waals surface area contributed by atoms with Crippen LogP contribution >= 0.6 is 23.2 Å². The van der Waals surface area contributed by atoms with Crippen LogP contribution in [0.2, 0.25) is 10.0 Å². The summed E-state index contributed by atoms with van der Waals surface area (Å²) in [4.78, 5) is 11.5. The summed E-state index contributed by atoms with van der Waals surface area (Å²) in [7, 11) is -3.75. The van der Waals surface area contributed by atoms with Gasteiger partial charge in [0.15, 0.2) is 0 Å². The number of hydrogen-bond donors (Lipinski definition) is 0. The Hall–Kier alpha value is -0.820. The van der Waals surface area contributed by atoms with Crippen LogP contribution in [0.15, 0.2) is 18.2 Å². The smallest absolute Gasteiger partial charge is 0.306 e. The fourth-order valence-electron chi connectivity index (χ4n) is 1.67. The quantitative estimate of drug-likeness (QED) is 0.405. The van der Waals surface area contributed by atoms with Crippen LogP contribution in [0.3, 0.4) is 0 Å². The fourth-order valence-corrected chi connectivity index (χ4v) is 3.03. The molecule has 0 aliphatic rings. The molecule has 0 aromatic heterocycles. The zero-order valence-electron chi connectivity index (χ0n) is 13.3. The molecule has 0 amide bonds. The van der Waals surface area contributed by atoms with Crippen molar-refractivity contribution in [3.8, 4) is 0 Å². The van der Waals surface area contributed by atoms with Crippen LogP contribution in [0, 0.1) is 0 Å². The minimum atomic E-state index is -3.75. The lowest BCUT2D eigenvalue weighted by atomic mass is 10.2. The fraction of sp³-hybridized carbons (Fsp3) is 0.533. The minimum absolute atomic E-state index is 0.0805. The Labute approximate surface area is 147 Å². The molecule has 5 nitrogen and oxygen atoms in total. The van der Waals surface area contributed by atoms with Crippen molar-refractivity contribution in [2.24, 2.45) is 0 Å². The molecule has 0 N–H and O–H groups in total. The van der Waals surface area contributed by atoms with Gasteiger partial charge in [-0.15, -0.1) is 0 Å². The standard InChI is InChI=1S/C15H20Cl2O5S/c1-15(2,3)22-14(18)5-4-8-21-23(19,20)10-11-6-7-12(16)13(17)9-11/h6-7,9H,4-5,8,10H2,1-3H3. The molecule has 0 aliphatic heterocycles.